The third kappa shape index (κ3) is 4.18. The summed E-state index contributed by atoms with van der Waals surface area (Å²) in [6.45, 7) is 0. The molecule has 0 spiro atoms. The highest BCUT2D eigenvalue weighted by Crippen LogP contribution is 2.56. The Balaban J connectivity index is 2.43. The van der Waals surface area contributed by atoms with Gasteiger partial charge in [-0.3, -0.25) is 0 Å². The first kappa shape index (κ1) is 17.2. The van der Waals surface area contributed by atoms with Crippen LogP contribution >= 0.6 is 7.14 Å². The molecule has 2 rings (SSSR count). The SMILES string of the molecule is [B]Oc1ccccc1P(=O)(C/C=C\C=C/C#C)C1=CC=CCC1. The Labute approximate surface area is 139 Å². The molecule has 1 aromatic carbocycles. The van der Waals surface area contributed by atoms with E-state index in [4.69, 9.17) is 19.1 Å². The molecule has 0 heterocycles. The fraction of sp³-hybridized carbons (Fsp3) is 0.158. The van der Waals surface area contributed by atoms with E-state index in [9.17, 15) is 4.57 Å². The lowest BCUT2D eigenvalue weighted by Gasteiger charge is -2.24. The molecular formula is C19H18BO2P. The molecule has 23 heavy (non-hydrogen) atoms. The molecule has 0 aliphatic heterocycles. The molecule has 0 aromatic heterocycles. The van der Waals surface area contributed by atoms with E-state index in [1.807, 2.05) is 42.5 Å². The lowest BCUT2D eigenvalue weighted by molar-refractivity contribution is 0.582. The van der Waals surface area contributed by atoms with Crippen LogP contribution < -0.4 is 9.96 Å². The van der Waals surface area contributed by atoms with Crippen LogP contribution in [-0.2, 0) is 4.57 Å². The van der Waals surface area contributed by atoms with E-state index in [0.29, 0.717) is 17.2 Å². The van der Waals surface area contributed by atoms with Gasteiger partial charge in [0, 0.05) is 6.16 Å². The summed E-state index contributed by atoms with van der Waals surface area (Å²) in [7, 11) is 2.55. The number of para-hydroxylation sites is 1. The fourth-order valence-electron chi connectivity index (χ4n) is 2.52. The second-order valence-corrected chi connectivity index (χ2v) is 7.99. The monoisotopic (exact) mass is 320 g/mol. The Hall–Kier alpha value is -2.17. The molecule has 0 saturated heterocycles. The Bertz CT molecular complexity index is 751. The molecule has 1 aliphatic carbocycles. The van der Waals surface area contributed by atoms with Crippen LogP contribution in [0.3, 0.4) is 0 Å². The van der Waals surface area contributed by atoms with Crippen molar-refractivity contribution in [2.24, 2.45) is 0 Å². The predicted molar refractivity (Wildman–Crippen MR) is 98.5 cm³/mol. The zero-order valence-corrected chi connectivity index (χ0v) is 13.8. The molecule has 2 radical (unpaired) electrons. The largest absolute Gasteiger partial charge is 0.567 e. The summed E-state index contributed by atoms with van der Waals surface area (Å²) in [6, 6.07) is 7.23. The van der Waals surface area contributed by atoms with Crippen LogP contribution in [0.2, 0.25) is 0 Å². The van der Waals surface area contributed by atoms with Gasteiger partial charge in [-0.25, -0.2) is 0 Å². The number of benzene rings is 1. The van der Waals surface area contributed by atoms with Gasteiger partial charge in [0.1, 0.15) is 12.9 Å². The predicted octanol–water partition coefficient (Wildman–Crippen LogP) is 4.12. The first-order valence-corrected chi connectivity index (χ1v) is 9.31. The number of hydrogen-bond acceptors (Lipinski definition) is 2. The average molecular weight is 320 g/mol. The average Bonchev–Trinajstić information content (AvgIpc) is 2.62. The lowest BCUT2D eigenvalue weighted by atomic mass is 10.2. The first-order chi connectivity index (χ1) is 11.2. The van der Waals surface area contributed by atoms with Crippen LogP contribution in [0, 0.1) is 12.3 Å². The maximum absolute atomic E-state index is 13.8. The van der Waals surface area contributed by atoms with Gasteiger partial charge in [-0.2, -0.15) is 0 Å². The van der Waals surface area contributed by atoms with E-state index in [1.54, 1.807) is 18.2 Å². The highest BCUT2D eigenvalue weighted by molar-refractivity contribution is 7.75. The van der Waals surface area contributed by atoms with Crippen molar-refractivity contribution in [3.8, 4) is 18.1 Å². The molecule has 0 amide bonds. The van der Waals surface area contributed by atoms with Crippen molar-refractivity contribution in [3.05, 3.63) is 72.1 Å². The van der Waals surface area contributed by atoms with Gasteiger partial charge in [-0.1, -0.05) is 54.5 Å². The van der Waals surface area contributed by atoms with Crippen LogP contribution in [0.1, 0.15) is 12.8 Å². The van der Waals surface area contributed by atoms with Gasteiger partial charge in [0.2, 0.25) is 0 Å². The minimum absolute atomic E-state index is 0.405. The summed E-state index contributed by atoms with van der Waals surface area (Å²) < 4.78 is 18.8. The van der Waals surface area contributed by atoms with Gasteiger partial charge in [0.05, 0.1) is 5.30 Å². The van der Waals surface area contributed by atoms with Crippen molar-refractivity contribution in [3.63, 3.8) is 0 Å². The fourth-order valence-corrected chi connectivity index (χ4v) is 5.30. The van der Waals surface area contributed by atoms with Crippen LogP contribution in [0.5, 0.6) is 5.75 Å². The van der Waals surface area contributed by atoms with E-state index in [1.165, 1.54) is 0 Å². The van der Waals surface area contributed by atoms with Gasteiger partial charge in [-0.05, 0) is 36.4 Å². The highest BCUT2D eigenvalue weighted by Gasteiger charge is 2.30. The van der Waals surface area contributed by atoms with Crippen molar-refractivity contribution in [1.29, 1.82) is 0 Å². The molecule has 4 heteroatoms. The first-order valence-electron chi connectivity index (χ1n) is 7.42. The Morgan fingerprint density at radius 2 is 2.17 bits per heavy atom. The topological polar surface area (TPSA) is 26.3 Å². The minimum Gasteiger partial charge on any atom is -0.567 e. The van der Waals surface area contributed by atoms with Crippen molar-refractivity contribution in [2.45, 2.75) is 12.8 Å². The molecule has 0 saturated carbocycles. The van der Waals surface area contributed by atoms with Crippen LogP contribution in [0.15, 0.2) is 72.1 Å². The van der Waals surface area contributed by atoms with Crippen LogP contribution in [0.4, 0.5) is 0 Å². The van der Waals surface area contributed by atoms with Crippen molar-refractivity contribution in [2.75, 3.05) is 6.16 Å². The summed E-state index contributed by atoms with van der Waals surface area (Å²) in [5.74, 6) is 2.88. The minimum atomic E-state index is -2.82. The molecule has 114 valence electrons. The Morgan fingerprint density at radius 3 is 2.87 bits per heavy atom. The van der Waals surface area contributed by atoms with E-state index >= 15 is 0 Å². The van der Waals surface area contributed by atoms with Gasteiger partial charge in [0.25, 0.3) is 0 Å². The lowest BCUT2D eigenvalue weighted by Crippen LogP contribution is -2.13. The molecule has 0 fully saturated rings. The Kier molecular flexibility index (Phi) is 6.33. The van der Waals surface area contributed by atoms with Gasteiger partial charge < -0.3 is 9.22 Å². The number of allylic oxidation sites excluding steroid dienone is 8. The molecule has 1 unspecified atom stereocenters. The quantitative estimate of drug-likeness (QED) is 0.341. The molecule has 1 aliphatic rings. The summed E-state index contributed by atoms with van der Waals surface area (Å²) in [6.07, 6.45) is 20.3. The highest BCUT2D eigenvalue weighted by atomic mass is 31.2. The zero-order valence-electron chi connectivity index (χ0n) is 12.9. The van der Waals surface area contributed by atoms with Crippen molar-refractivity contribution < 1.29 is 9.22 Å². The third-order valence-corrected chi connectivity index (χ3v) is 6.81. The number of terminal acetylenes is 1. The molecular weight excluding hydrogens is 302 g/mol. The standard InChI is InChI=1S/C19H18BO2P/c1-2-3-4-5-11-16-23(21,17-12-7-6-8-13-17)19-15-10-9-14-18(19)22-20/h1,3-7,9-12,14-15H,8,13,16H2/b4-3-,11-5-. The van der Waals surface area contributed by atoms with Crippen molar-refractivity contribution in [1.82, 2.24) is 0 Å². The van der Waals surface area contributed by atoms with Gasteiger partial charge in [0.15, 0.2) is 0 Å². The molecule has 2 nitrogen and oxygen atoms in total. The Morgan fingerprint density at radius 1 is 1.35 bits per heavy atom. The summed E-state index contributed by atoms with van der Waals surface area (Å²) in [5.41, 5.74) is 0. The maximum Gasteiger partial charge on any atom is 0.374 e. The van der Waals surface area contributed by atoms with Crippen LogP contribution in [0.25, 0.3) is 0 Å². The second kappa shape index (κ2) is 8.46. The summed E-state index contributed by atoms with van der Waals surface area (Å²) >= 11 is 0. The maximum atomic E-state index is 13.8. The molecule has 1 aromatic rings. The van der Waals surface area contributed by atoms with E-state index in [-0.39, 0.29) is 0 Å². The smallest absolute Gasteiger partial charge is 0.374 e. The van der Waals surface area contributed by atoms with E-state index < -0.39 is 7.14 Å². The summed E-state index contributed by atoms with van der Waals surface area (Å²) in [4.78, 5) is 0. The number of rotatable bonds is 6. The van der Waals surface area contributed by atoms with E-state index in [0.717, 1.165) is 18.2 Å². The van der Waals surface area contributed by atoms with Gasteiger partial charge in [-0.15, -0.1) is 6.42 Å². The normalized spacial score (nSPS) is 16.9. The van der Waals surface area contributed by atoms with Gasteiger partial charge >= 0.3 is 8.05 Å². The summed E-state index contributed by atoms with van der Waals surface area (Å²) in [5, 5.41) is 1.60. The molecule has 0 N–H and O–H groups in total. The second-order valence-electron chi connectivity index (χ2n) is 5.09. The zero-order chi connectivity index (χ0) is 16.5. The molecule has 1 atom stereocenters. The molecule has 0 bridgehead atoms. The van der Waals surface area contributed by atoms with E-state index in [2.05, 4.69) is 12.0 Å². The third-order valence-electron chi connectivity index (χ3n) is 3.64. The van der Waals surface area contributed by atoms with Crippen molar-refractivity contribution >= 4 is 20.5 Å². The van der Waals surface area contributed by atoms with Crippen LogP contribution in [-0.4, -0.2) is 14.2 Å². The number of hydrogen-bond donors (Lipinski definition) is 0.